The van der Waals surface area contributed by atoms with Gasteiger partial charge in [0.05, 0.1) is 32.3 Å². The van der Waals surface area contributed by atoms with Gasteiger partial charge in [0.1, 0.15) is 0 Å². The summed E-state index contributed by atoms with van der Waals surface area (Å²) in [7, 11) is 7.62. The van der Waals surface area contributed by atoms with Crippen molar-refractivity contribution in [3.63, 3.8) is 0 Å². The molecule has 1 saturated carbocycles. The monoisotopic (exact) mass is 454 g/mol. The van der Waals surface area contributed by atoms with Gasteiger partial charge in [0, 0.05) is 44.6 Å². The number of carbonyl (C=O) groups is 2. The second-order valence-electron chi connectivity index (χ2n) is 10.4. The lowest BCUT2D eigenvalue weighted by molar-refractivity contribution is -0.202. The molecule has 3 amide bonds. The van der Waals surface area contributed by atoms with Crippen LogP contribution in [0.4, 0.5) is 4.79 Å². The van der Waals surface area contributed by atoms with Gasteiger partial charge in [0.15, 0.2) is 5.79 Å². The number of urea groups is 1. The van der Waals surface area contributed by atoms with Crippen LogP contribution in [-0.2, 0) is 19.0 Å². The zero-order valence-corrected chi connectivity index (χ0v) is 20.7. The molecule has 2 saturated heterocycles. The first-order valence-electron chi connectivity index (χ1n) is 11.8. The quantitative estimate of drug-likeness (QED) is 0.622. The molecule has 3 fully saturated rings. The molecular weight excluding hydrogens is 412 g/mol. The number of hydrogen-bond acceptors (Lipinski definition) is 7. The molecule has 0 radical (unpaired) electrons. The number of imide groups is 1. The molecule has 0 aromatic rings. The molecule has 0 unspecified atom stereocenters. The highest BCUT2D eigenvalue weighted by Gasteiger charge is 2.49. The largest absolute Gasteiger partial charge is 0.383 e. The number of likely N-dealkylation sites (N-methyl/N-ethyl adjacent to an activating group) is 1. The highest BCUT2D eigenvalue weighted by molar-refractivity contribution is 5.95. The second kappa shape index (κ2) is 10.3. The smallest absolute Gasteiger partial charge is 0.324 e. The normalized spacial score (nSPS) is 28.0. The third-order valence-electron chi connectivity index (χ3n) is 7.68. The SMILES string of the molecule is COCCN(C(=O)NCC(C)(C)N(C)C)C(=O)[C@@H]1C[C@@H]2CC3(CC[C@H]2N(C)C1)OCCO3. The number of piperidine rings is 1. The van der Waals surface area contributed by atoms with Crippen LogP contribution in [0.3, 0.4) is 0 Å². The van der Waals surface area contributed by atoms with Gasteiger partial charge in [-0.1, -0.05) is 0 Å². The van der Waals surface area contributed by atoms with E-state index in [2.05, 4.69) is 36.0 Å². The third kappa shape index (κ3) is 5.62. The molecule has 3 rings (SSSR count). The fraction of sp³-hybridized carbons (Fsp3) is 0.913. The van der Waals surface area contributed by atoms with Crippen LogP contribution in [-0.4, -0.2) is 112 Å². The molecule has 0 aromatic heterocycles. The number of methoxy groups -OCH3 is 1. The first-order chi connectivity index (χ1) is 15.1. The van der Waals surface area contributed by atoms with Crippen molar-refractivity contribution in [2.75, 3.05) is 67.7 Å². The average Bonchev–Trinajstić information content (AvgIpc) is 3.19. The number of nitrogens with one attached hydrogen (secondary N) is 1. The topological polar surface area (TPSA) is 83.6 Å². The molecule has 9 nitrogen and oxygen atoms in total. The number of rotatable bonds is 7. The van der Waals surface area contributed by atoms with E-state index in [1.54, 1.807) is 7.11 Å². The highest BCUT2D eigenvalue weighted by Crippen LogP contribution is 2.45. The average molecular weight is 455 g/mol. The lowest BCUT2D eigenvalue weighted by atomic mass is 9.72. The molecule has 0 bridgehead atoms. The number of amides is 3. The maximum atomic E-state index is 13.5. The Morgan fingerprint density at radius 1 is 1.25 bits per heavy atom. The van der Waals surface area contributed by atoms with Gasteiger partial charge < -0.3 is 29.3 Å². The molecule has 2 heterocycles. The van der Waals surface area contributed by atoms with Crippen molar-refractivity contribution in [2.24, 2.45) is 11.8 Å². The van der Waals surface area contributed by atoms with Gasteiger partial charge in [-0.05, 0) is 53.8 Å². The molecule has 32 heavy (non-hydrogen) atoms. The van der Waals surface area contributed by atoms with Crippen molar-refractivity contribution in [1.82, 2.24) is 20.0 Å². The summed E-state index contributed by atoms with van der Waals surface area (Å²) in [5.41, 5.74) is -0.221. The van der Waals surface area contributed by atoms with Crippen LogP contribution >= 0.6 is 0 Å². The number of likely N-dealkylation sites (tertiary alicyclic amines) is 1. The van der Waals surface area contributed by atoms with Gasteiger partial charge in [-0.3, -0.25) is 9.69 Å². The van der Waals surface area contributed by atoms with E-state index >= 15 is 0 Å². The Balaban J connectivity index is 1.67. The number of hydrogen-bond donors (Lipinski definition) is 1. The van der Waals surface area contributed by atoms with Gasteiger partial charge in [-0.15, -0.1) is 0 Å². The predicted molar refractivity (Wildman–Crippen MR) is 121 cm³/mol. The molecule has 1 aliphatic carbocycles. The predicted octanol–water partition coefficient (Wildman–Crippen LogP) is 1.37. The van der Waals surface area contributed by atoms with E-state index < -0.39 is 5.79 Å². The van der Waals surface area contributed by atoms with Crippen LogP contribution in [0.5, 0.6) is 0 Å². The van der Waals surface area contributed by atoms with Crippen LogP contribution < -0.4 is 5.32 Å². The number of fused-ring (bicyclic) bond motifs is 1. The Morgan fingerprint density at radius 3 is 2.56 bits per heavy atom. The molecule has 2 aliphatic heterocycles. The first kappa shape index (κ1) is 25.4. The van der Waals surface area contributed by atoms with Gasteiger partial charge in [0.25, 0.3) is 0 Å². The minimum atomic E-state index is -0.474. The van der Waals surface area contributed by atoms with E-state index in [0.29, 0.717) is 44.9 Å². The van der Waals surface area contributed by atoms with E-state index in [1.807, 2.05) is 14.1 Å². The van der Waals surface area contributed by atoms with Crippen molar-refractivity contribution < 1.29 is 23.8 Å². The Kier molecular flexibility index (Phi) is 8.20. The molecule has 3 atom stereocenters. The highest BCUT2D eigenvalue weighted by atomic mass is 16.7. The molecule has 184 valence electrons. The summed E-state index contributed by atoms with van der Waals surface area (Å²) in [6.45, 7) is 7.06. The maximum Gasteiger partial charge on any atom is 0.324 e. The van der Waals surface area contributed by atoms with Gasteiger partial charge in [-0.25, -0.2) is 4.79 Å². The number of ether oxygens (including phenoxy) is 3. The molecule has 1 spiro atoms. The summed E-state index contributed by atoms with van der Waals surface area (Å²) in [5.74, 6) is -0.519. The second-order valence-corrected chi connectivity index (χ2v) is 10.4. The maximum absolute atomic E-state index is 13.5. The van der Waals surface area contributed by atoms with Crippen molar-refractivity contribution in [3.05, 3.63) is 0 Å². The summed E-state index contributed by atoms with van der Waals surface area (Å²) >= 11 is 0. The van der Waals surface area contributed by atoms with Crippen molar-refractivity contribution in [2.45, 2.75) is 56.9 Å². The molecule has 1 N–H and O–H groups in total. The van der Waals surface area contributed by atoms with Crippen LogP contribution in [0.25, 0.3) is 0 Å². The van der Waals surface area contributed by atoms with E-state index in [0.717, 1.165) is 25.7 Å². The minimum absolute atomic E-state index is 0.125. The van der Waals surface area contributed by atoms with Gasteiger partial charge in [-0.2, -0.15) is 0 Å². The fourth-order valence-electron chi connectivity index (χ4n) is 5.18. The summed E-state index contributed by atoms with van der Waals surface area (Å²) in [6, 6.07) is 0.0777. The van der Waals surface area contributed by atoms with E-state index in [4.69, 9.17) is 14.2 Å². The summed E-state index contributed by atoms with van der Waals surface area (Å²) in [6.07, 6.45) is 3.48. The third-order valence-corrected chi connectivity index (χ3v) is 7.68. The zero-order valence-electron chi connectivity index (χ0n) is 20.7. The Hall–Kier alpha value is -1.26. The van der Waals surface area contributed by atoms with Crippen LogP contribution in [0, 0.1) is 11.8 Å². The lowest BCUT2D eigenvalue weighted by Gasteiger charge is -2.49. The van der Waals surface area contributed by atoms with E-state index in [-0.39, 0.29) is 29.9 Å². The molecular formula is C23H42N4O5. The van der Waals surface area contributed by atoms with Crippen LogP contribution in [0.1, 0.15) is 39.5 Å². The fourth-order valence-corrected chi connectivity index (χ4v) is 5.18. The zero-order chi connectivity index (χ0) is 23.5. The standard InChI is InChI=1S/C23H42N4O5/c1-22(2,25(3)4)16-24-21(29)27(9-10-30-6)20(28)18-13-17-14-23(31-11-12-32-23)8-7-19(17)26(5)15-18/h17-19H,7-16H2,1-6H3,(H,24,29)/t17-,18-,19-/m1/s1. The molecule has 0 aromatic carbocycles. The van der Waals surface area contributed by atoms with Crippen molar-refractivity contribution >= 4 is 11.9 Å². The van der Waals surface area contributed by atoms with Gasteiger partial charge >= 0.3 is 6.03 Å². The van der Waals surface area contributed by atoms with Gasteiger partial charge in [0.2, 0.25) is 5.91 Å². The lowest BCUT2D eigenvalue weighted by Crippen LogP contribution is -2.58. The number of nitrogens with zero attached hydrogens (tertiary/aromatic N) is 3. The Labute approximate surface area is 192 Å². The van der Waals surface area contributed by atoms with Crippen LogP contribution in [0.15, 0.2) is 0 Å². The van der Waals surface area contributed by atoms with E-state index in [1.165, 1.54) is 4.90 Å². The summed E-state index contributed by atoms with van der Waals surface area (Å²) < 4.78 is 17.1. The summed E-state index contributed by atoms with van der Waals surface area (Å²) in [5, 5.41) is 2.96. The van der Waals surface area contributed by atoms with Crippen LogP contribution in [0.2, 0.25) is 0 Å². The molecule has 9 heteroatoms. The minimum Gasteiger partial charge on any atom is -0.383 e. The Morgan fingerprint density at radius 2 is 1.94 bits per heavy atom. The van der Waals surface area contributed by atoms with Crippen molar-refractivity contribution in [1.29, 1.82) is 0 Å². The molecule has 3 aliphatic rings. The number of carbonyl (C=O) groups excluding carboxylic acids is 2. The van der Waals surface area contributed by atoms with E-state index in [9.17, 15) is 9.59 Å². The first-order valence-corrected chi connectivity index (χ1v) is 11.8. The van der Waals surface area contributed by atoms with Crippen molar-refractivity contribution in [3.8, 4) is 0 Å². The Bertz CT molecular complexity index is 665. The summed E-state index contributed by atoms with van der Waals surface area (Å²) in [4.78, 5) is 32.3.